The van der Waals surface area contributed by atoms with Gasteiger partial charge in [0.05, 0.1) is 0 Å². The molecule has 0 N–H and O–H groups in total. The van der Waals surface area contributed by atoms with E-state index in [0.29, 0.717) is 17.3 Å². The third kappa shape index (κ3) is 2.88. The molecule has 0 aromatic heterocycles. The first kappa shape index (κ1) is 12.6. The second-order valence-electron chi connectivity index (χ2n) is 5.25. The number of halogens is 3. The number of rotatable bonds is 4. The largest absolute Gasteiger partial charge is 0.426 e. The molecule has 16 heavy (non-hydrogen) atoms. The minimum Gasteiger partial charge on any atom is -0.162 e. The highest BCUT2D eigenvalue weighted by Gasteiger charge is 2.57. The van der Waals surface area contributed by atoms with Gasteiger partial charge in [-0.3, -0.25) is 0 Å². The van der Waals surface area contributed by atoms with Gasteiger partial charge in [-0.1, -0.05) is 32.1 Å². The van der Waals surface area contributed by atoms with Gasteiger partial charge in [0.1, 0.15) is 0 Å². The van der Waals surface area contributed by atoms with Gasteiger partial charge < -0.3 is 0 Å². The van der Waals surface area contributed by atoms with Gasteiger partial charge in [0.2, 0.25) is 0 Å². The number of alkyl halides is 3. The molecule has 96 valence electrons. The van der Waals surface area contributed by atoms with Crippen LogP contribution in [0.4, 0.5) is 13.2 Å². The smallest absolute Gasteiger partial charge is 0.162 e. The van der Waals surface area contributed by atoms with Crippen LogP contribution in [0.15, 0.2) is 0 Å². The SMILES string of the molecule is FC(F)(F)S1(CCCC2CCCCC2)CC1. The maximum atomic E-state index is 12.7. The van der Waals surface area contributed by atoms with Crippen molar-refractivity contribution in [2.75, 3.05) is 17.3 Å². The van der Waals surface area contributed by atoms with Gasteiger partial charge >= 0.3 is 5.51 Å². The Morgan fingerprint density at radius 3 is 2.12 bits per heavy atom. The Morgan fingerprint density at radius 1 is 1.00 bits per heavy atom. The molecule has 0 aromatic carbocycles. The molecule has 2 rings (SSSR count). The Kier molecular flexibility index (Phi) is 3.77. The van der Waals surface area contributed by atoms with Crippen molar-refractivity contribution in [3.63, 3.8) is 0 Å². The predicted octanol–water partition coefficient (Wildman–Crippen LogP) is 4.68. The Bertz CT molecular complexity index is 227. The van der Waals surface area contributed by atoms with E-state index in [0.717, 1.165) is 18.8 Å². The van der Waals surface area contributed by atoms with Gasteiger partial charge in [0.15, 0.2) is 0 Å². The first-order chi connectivity index (χ1) is 7.54. The summed E-state index contributed by atoms with van der Waals surface area (Å²) in [7, 11) is -2.15. The molecule has 2 fully saturated rings. The molecule has 2 aliphatic rings. The van der Waals surface area contributed by atoms with E-state index in [2.05, 4.69) is 0 Å². The van der Waals surface area contributed by atoms with E-state index >= 15 is 0 Å². The molecule has 4 heteroatoms. The molecule has 0 radical (unpaired) electrons. The van der Waals surface area contributed by atoms with E-state index in [-0.39, 0.29) is 0 Å². The monoisotopic (exact) mass is 254 g/mol. The third-order valence-electron chi connectivity index (χ3n) is 4.06. The van der Waals surface area contributed by atoms with E-state index in [4.69, 9.17) is 0 Å². The summed E-state index contributed by atoms with van der Waals surface area (Å²) in [5.74, 6) is 2.12. The van der Waals surface area contributed by atoms with Crippen LogP contribution in [0.2, 0.25) is 0 Å². The fraction of sp³-hybridized carbons (Fsp3) is 1.00. The van der Waals surface area contributed by atoms with Gasteiger partial charge in [0.25, 0.3) is 0 Å². The van der Waals surface area contributed by atoms with Crippen molar-refractivity contribution < 1.29 is 13.2 Å². The Balaban J connectivity index is 1.68. The molecule has 0 amide bonds. The zero-order chi connectivity index (χ0) is 11.6. The lowest BCUT2D eigenvalue weighted by molar-refractivity contribution is -0.0362. The summed E-state index contributed by atoms with van der Waals surface area (Å²) in [4.78, 5) is 0. The van der Waals surface area contributed by atoms with Crippen LogP contribution in [0.5, 0.6) is 0 Å². The van der Waals surface area contributed by atoms with Crippen LogP contribution in [0, 0.1) is 5.92 Å². The van der Waals surface area contributed by atoms with Gasteiger partial charge in [0, 0.05) is 0 Å². The normalized spacial score (nSPS) is 27.7. The fourth-order valence-corrected chi connectivity index (χ4v) is 5.40. The van der Waals surface area contributed by atoms with Crippen molar-refractivity contribution in [3.8, 4) is 0 Å². The van der Waals surface area contributed by atoms with Crippen LogP contribution < -0.4 is 0 Å². The summed E-state index contributed by atoms with van der Waals surface area (Å²) >= 11 is 0. The molecule has 1 aliphatic heterocycles. The van der Waals surface area contributed by atoms with E-state index in [1.165, 1.54) is 32.1 Å². The lowest BCUT2D eigenvalue weighted by Crippen LogP contribution is -2.14. The van der Waals surface area contributed by atoms with Gasteiger partial charge in [-0.15, -0.1) is 10.0 Å². The second kappa shape index (κ2) is 4.79. The molecule has 1 heterocycles. The van der Waals surface area contributed by atoms with Crippen molar-refractivity contribution >= 4 is 10.0 Å². The number of hydrogen-bond donors (Lipinski definition) is 0. The standard InChI is InChI=1S/C12H21F3S/c13-12(14,15)16(9-10-16)8-4-7-11-5-2-1-3-6-11/h11H,1-10H2. The van der Waals surface area contributed by atoms with Crippen LogP contribution in [0.25, 0.3) is 0 Å². The maximum Gasteiger partial charge on any atom is 0.426 e. The average Bonchev–Trinajstić information content (AvgIpc) is 3.00. The lowest BCUT2D eigenvalue weighted by atomic mass is 9.86. The van der Waals surface area contributed by atoms with Crippen LogP contribution in [-0.2, 0) is 0 Å². The number of hydrogen-bond acceptors (Lipinski definition) is 0. The highest BCUT2D eigenvalue weighted by Crippen LogP contribution is 2.72. The van der Waals surface area contributed by atoms with E-state index in [1.807, 2.05) is 0 Å². The molecular weight excluding hydrogens is 233 g/mol. The molecule has 0 aromatic rings. The molecule has 0 bridgehead atoms. The van der Waals surface area contributed by atoms with Gasteiger partial charge in [-0.2, -0.15) is 13.2 Å². The summed E-state index contributed by atoms with van der Waals surface area (Å²) in [6.45, 7) is 0. The predicted molar refractivity (Wildman–Crippen MR) is 64.1 cm³/mol. The van der Waals surface area contributed by atoms with E-state index < -0.39 is 15.5 Å². The maximum absolute atomic E-state index is 12.7. The Morgan fingerprint density at radius 2 is 1.62 bits per heavy atom. The second-order valence-corrected chi connectivity index (χ2v) is 9.03. The van der Waals surface area contributed by atoms with Crippen molar-refractivity contribution in [1.82, 2.24) is 0 Å². The first-order valence-corrected chi connectivity index (χ1v) is 8.50. The van der Waals surface area contributed by atoms with E-state index in [1.54, 1.807) is 0 Å². The van der Waals surface area contributed by atoms with Crippen LogP contribution >= 0.6 is 10.0 Å². The van der Waals surface area contributed by atoms with Crippen LogP contribution in [-0.4, -0.2) is 22.8 Å². The van der Waals surface area contributed by atoms with Crippen LogP contribution in [0.3, 0.4) is 0 Å². The van der Waals surface area contributed by atoms with Gasteiger partial charge in [-0.25, -0.2) is 0 Å². The minimum atomic E-state index is -3.86. The quantitative estimate of drug-likeness (QED) is 0.639. The zero-order valence-corrected chi connectivity index (χ0v) is 10.5. The molecule has 0 spiro atoms. The molecule has 0 atom stereocenters. The average molecular weight is 254 g/mol. The van der Waals surface area contributed by atoms with Crippen molar-refractivity contribution in [2.45, 2.75) is 50.5 Å². The first-order valence-electron chi connectivity index (χ1n) is 6.36. The fourth-order valence-electron chi connectivity index (χ4n) is 2.78. The summed E-state index contributed by atoms with van der Waals surface area (Å²) in [6, 6.07) is 0. The lowest BCUT2D eigenvalue weighted by Gasteiger charge is -2.26. The highest BCUT2D eigenvalue weighted by molar-refractivity contribution is 8.40. The molecule has 1 saturated heterocycles. The van der Waals surface area contributed by atoms with Crippen molar-refractivity contribution in [1.29, 1.82) is 0 Å². The van der Waals surface area contributed by atoms with Crippen LogP contribution in [0.1, 0.15) is 44.9 Å². The molecule has 0 nitrogen and oxygen atoms in total. The molecule has 1 aliphatic carbocycles. The summed E-state index contributed by atoms with van der Waals surface area (Å²) < 4.78 is 38.1. The summed E-state index contributed by atoms with van der Waals surface area (Å²) in [6.07, 6.45) is 8.30. The third-order valence-corrected chi connectivity index (χ3v) is 7.51. The molecule has 0 unspecified atom stereocenters. The topological polar surface area (TPSA) is 0 Å². The zero-order valence-electron chi connectivity index (χ0n) is 9.69. The van der Waals surface area contributed by atoms with Crippen molar-refractivity contribution in [2.24, 2.45) is 5.92 Å². The minimum absolute atomic E-state index is 0.459. The van der Waals surface area contributed by atoms with E-state index in [9.17, 15) is 13.2 Å². The van der Waals surface area contributed by atoms with Gasteiger partial charge in [-0.05, 0) is 36.0 Å². The van der Waals surface area contributed by atoms with Crippen molar-refractivity contribution in [3.05, 3.63) is 0 Å². The highest BCUT2D eigenvalue weighted by atomic mass is 32.3. The Hall–Kier alpha value is 0.140. The summed E-state index contributed by atoms with van der Waals surface area (Å²) in [5, 5.41) is 0. The Labute approximate surface area is 97.3 Å². The molecular formula is C12H21F3S. The summed E-state index contributed by atoms with van der Waals surface area (Å²) in [5.41, 5.74) is -3.86. The molecule has 1 saturated carbocycles.